The van der Waals surface area contributed by atoms with E-state index < -0.39 is 40.8 Å². The van der Waals surface area contributed by atoms with Crippen molar-refractivity contribution >= 4 is 57.7 Å². The van der Waals surface area contributed by atoms with Crippen molar-refractivity contribution in [3.05, 3.63) is 22.3 Å². The molecule has 172 valence electrons. The van der Waals surface area contributed by atoms with Crippen molar-refractivity contribution in [2.45, 2.75) is 30.9 Å². The van der Waals surface area contributed by atoms with Gasteiger partial charge >= 0.3 is 11.9 Å². The predicted octanol–water partition coefficient (Wildman–Crippen LogP) is -0.993. The standard InChI is InChI=1S/C17H20N6O7S2/c1-17(2,15(28)29)30-22-8(7-5-32-16(19)20-7)11(24)21-9-12(25)23-10(14(26)27)6(3-18)4-31-13(9)23/h5,9,13H,3-4,18H2,1-2H3,(H2,19,20)(H,21,24)(H,26,27)(H,28,29)/b22-8+/t9?,13-/m1/s1. The summed E-state index contributed by atoms with van der Waals surface area (Å²) in [5.74, 6) is -3.79. The number of carboxylic acids is 2. The lowest BCUT2D eigenvalue weighted by Crippen LogP contribution is -2.71. The molecule has 2 aliphatic rings. The van der Waals surface area contributed by atoms with E-state index in [0.717, 1.165) is 16.2 Å². The number of aromatic nitrogens is 1. The Bertz CT molecular complexity index is 1050. The molecule has 0 aromatic carbocycles. The third-order valence-electron chi connectivity index (χ3n) is 4.64. The summed E-state index contributed by atoms with van der Waals surface area (Å²) in [5.41, 5.74) is 9.35. The van der Waals surface area contributed by atoms with Gasteiger partial charge < -0.3 is 31.8 Å². The fourth-order valence-corrected chi connectivity index (χ4v) is 4.76. The van der Waals surface area contributed by atoms with E-state index in [4.69, 9.17) is 16.3 Å². The third kappa shape index (κ3) is 4.26. The number of amides is 2. The molecule has 1 saturated heterocycles. The van der Waals surface area contributed by atoms with Crippen LogP contribution >= 0.6 is 23.1 Å². The van der Waals surface area contributed by atoms with Crippen LogP contribution in [-0.2, 0) is 24.0 Å². The maximum atomic E-state index is 12.9. The van der Waals surface area contributed by atoms with Gasteiger partial charge in [0, 0.05) is 17.7 Å². The van der Waals surface area contributed by atoms with Crippen LogP contribution in [0.1, 0.15) is 19.5 Å². The van der Waals surface area contributed by atoms with Crippen molar-refractivity contribution in [2.75, 3.05) is 18.0 Å². The van der Waals surface area contributed by atoms with Crippen molar-refractivity contribution in [1.82, 2.24) is 15.2 Å². The molecule has 0 spiro atoms. The second-order valence-electron chi connectivity index (χ2n) is 7.24. The van der Waals surface area contributed by atoms with E-state index in [-0.39, 0.29) is 28.8 Å². The number of thioether (sulfide) groups is 1. The largest absolute Gasteiger partial charge is 0.478 e. The van der Waals surface area contributed by atoms with Crippen LogP contribution in [0.2, 0.25) is 0 Å². The summed E-state index contributed by atoms with van der Waals surface area (Å²) >= 11 is 2.29. The van der Waals surface area contributed by atoms with Gasteiger partial charge in [0.15, 0.2) is 10.8 Å². The second kappa shape index (κ2) is 8.76. The van der Waals surface area contributed by atoms with Crippen molar-refractivity contribution < 1.29 is 34.2 Å². The Morgan fingerprint density at radius 3 is 2.62 bits per heavy atom. The number of nitrogens with two attached hydrogens (primary N) is 2. The van der Waals surface area contributed by atoms with E-state index in [1.54, 1.807) is 0 Å². The highest BCUT2D eigenvalue weighted by atomic mass is 32.2. The maximum Gasteiger partial charge on any atom is 0.352 e. The minimum atomic E-state index is -1.74. The summed E-state index contributed by atoms with van der Waals surface area (Å²) in [4.78, 5) is 58.5. The Labute approximate surface area is 189 Å². The number of hydrogen-bond acceptors (Lipinski definition) is 11. The molecule has 7 N–H and O–H groups in total. The van der Waals surface area contributed by atoms with E-state index in [1.807, 2.05) is 0 Å². The summed E-state index contributed by atoms with van der Waals surface area (Å²) in [6, 6.07) is -1.03. The zero-order chi connectivity index (χ0) is 23.8. The Hall–Kier alpha value is -3.17. The summed E-state index contributed by atoms with van der Waals surface area (Å²) in [7, 11) is 0. The fraction of sp³-hybridized carbons (Fsp3) is 0.412. The van der Waals surface area contributed by atoms with Crippen LogP contribution in [0.5, 0.6) is 0 Å². The van der Waals surface area contributed by atoms with Gasteiger partial charge in [-0.05, 0) is 19.4 Å². The number of rotatable bonds is 8. The van der Waals surface area contributed by atoms with Crippen molar-refractivity contribution in [3.63, 3.8) is 0 Å². The lowest BCUT2D eigenvalue weighted by atomic mass is 10.0. The highest BCUT2D eigenvalue weighted by molar-refractivity contribution is 8.00. The summed E-state index contributed by atoms with van der Waals surface area (Å²) in [6.07, 6.45) is 0. The van der Waals surface area contributed by atoms with Crippen LogP contribution in [0.3, 0.4) is 0 Å². The third-order valence-corrected chi connectivity index (χ3v) is 6.66. The van der Waals surface area contributed by atoms with Gasteiger partial charge in [0.1, 0.15) is 22.8 Å². The Balaban J connectivity index is 1.83. The lowest BCUT2D eigenvalue weighted by molar-refractivity contribution is -0.161. The van der Waals surface area contributed by atoms with Crippen molar-refractivity contribution in [1.29, 1.82) is 0 Å². The Morgan fingerprint density at radius 1 is 1.41 bits per heavy atom. The van der Waals surface area contributed by atoms with Crippen LogP contribution in [0.15, 0.2) is 21.8 Å². The topological polar surface area (TPSA) is 211 Å². The smallest absolute Gasteiger partial charge is 0.352 e. The monoisotopic (exact) mass is 484 g/mol. The molecule has 1 fully saturated rings. The van der Waals surface area contributed by atoms with Gasteiger partial charge in [-0.2, -0.15) is 0 Å². The first-order valence-corrected chi connectivity index (χ1v) is 11.0. The van der Waals surface area contributed by atoms with Crippen molar-refractivity contribution in [3.8, 4) is 0 Å². The number of nitrogen functional groups attached to an aromatic ring is 1. The lowest BCUT2D eigenvalue weighted by Gasteiger charge is -2.49. The average molecular weight is 485 g/mol. The van der Waals surface area contributed by atoms with Gasteiger partial charge in [0.05, 0.1) is 0 Å². The van der Waals surface area contributed by atoms with E-state index >= 15 is 0 Å². The van der Waals surface area contributed by atoms with Crippen LogP contribution in [0, 0.1) is 0 Å². The number of carbonyl (C=O) groups is 4. The molecule has 0 saturated carbocycles. The number of nitrogens with zero attached hydrogens (tertiary/aromatic N) is 3. The zero-order valence-electron chi connectivity index (χ0n) is 16.9. The molecular formula is C17H20N6O7S2. The molecule has 1 aromatic heterocycles. The van der Waals surface area contributed by atoms with Crippen LogP contribution < -0.4 is 16.8 Å². The van der Waals surface area contributed by atoms with Gasteiger partial charge in [-0.1, -0.05) is 5.16 Å². The van der Waals surface area contributed by atoms with Crippen LogP contribution in [0.4, 0.5) is 5.13 Å². The molecule has 2 aliphatic heterocycles. The molecule has 2 amide bonds. The molecule has 32 heavy (non-hydrogen) atoms. The van der Waals surface area contributed by atoms with Gasteiger partial charge in [-0.25, -0.2) is 14.6 Å². The van der Waals surface area contributed by atoms with Crippen molar-refractivity contribution in [2.24, 2.45) is 10.9 Å². The minimum absolute atomic E-state index is 0.0130. The molecule has 13 nitrogen and oxygen atoms in total. The maximum absolute atomic E-state index is 12.9. The summed E-state index contributed by atoms with van der Waals surface area (Å²) in [5, 5.41) is 25.7. The normalized spacial score (nSPS) is 21.0. The highest BCUT2D eigenvalue weighted by Gasteiger charge is 2.54. The van der Waals surface area contributed by atoms with Gasteiger partial charge in [-0.3, -0.25) is 14.5 Å². The minimum Gasteiger partial charge on any atom is -0.478 e. The number of carboxylic acid groups (broad SMARTS) is 2. The van der Waals surface area contributed by atoms with E-state index in [9.17, 15) is 29.4 Å². The average Bonchev–Trinajstić information content (AvgIpc) is 3.16. The molecule has 3 rings (SSSR count). The second-order valence-corrected chi connectivity index (χ2v) is 9.23. The Morgan fingerprint density at radius 2 is 2.09 bits per heavy atom. The molecule has 15 heteroatoms. The van der Waals surface area contributed by atoms with Crippen LogP contribution in [-0.4, -0.2) is 78.9 Å². The van der Waals surface area contributed by atoms with E-state index in [0.29, 0.717) is 11.3 Å². The summed E-state index contributed by atoms with van der Waals surface area (Å²) in [6.45, 7) is 2.47. The van der Waals surface area contributed by atoms with E-state index in [2.05, 4.69) is 15.5 Å². The number of nitrogens with one attached hydrogen (secondary N) is 1. The number of fused-ring (bicyclic) bond motifs is 1. The molecule has 1 unspecified atom stereocenters. The van der Waals surface area contributed by atoms with Gasteiger partial charge in [-0.15, -0.1) is 23.1 Å². The molecule has 0 bridgehead atoms. The molecular weight excluding hydrogens is 464 g/mol. The number of aliphatic carboxylic acids is 2. The first-order valence-electron chi connectivity index (χ1n) is 9.09. The van der Waals surface area contributed by atoms with Gasteiger partial charge in [0.2, 0.25) is 5.60 Å². The molecule has 0 aliphatic carbocycles. The zero-order valence-corrected chi connectivity index (χ0v) is 18.5. The Kier molecular flexibility index (Phi) is 6.43. The number of thiazole rings is 1. The molecule has 1 aromatic rings. The first-order chi connectivity index (χ1) is 15.0. The quantitative estimate of drug-likeness (QED) is 0.172. The number of hydrogen-bond donors (Lipinski definition) is 5. The number of anilines is 1. The molecule has 3 heterocycles. The fourth-order valence-electron chi connectivity index (χ4n) is 2.85. The number of β-lactam (4-membered cyclic amide) rings is 1. The SMILES string of the molecule is CC(C)(O/N=C(/C(=O)NC1C(=O)N2C(C(=O)O)=C(CN)CS[C@H]12)c1csc(N)n1)C(=O)O. The predicted molar refractivity (Wildman–Crippen MR) is 115 cm³/mol. The number of carbonyl (C=O) groups excluding carboxylic acids is 2. The first kappa shape index (κ1) is 23.5. The number of oxime groups is 1. The molecule has 2 atom stereocenters. The molecule has 0 radical (unpaired) electrons. The summed E-state index contributed by atoms with van der Waals surface area (Å²) < 4.78 is 0. The van der Waals surface area contributed by atoms with E-state index in [1.165, 1.54) is 31.0 Å². The highest BCUT2D eigenvalue weighted by Crippen LogP contribution is 2.40. The van der Waals surface area contributed by atoms with Crippen LogP contribution in [0.25, 0.3) is 0 Å². The van der Waals surface area contributed by atoms with Gasteiger partial charge in [0.25, 0.3) is 11.8 Å².